The lowest BCUT2D eigenvalue weighted by Gasteiger charge is -2.28. The molecule has 33 heavy (non-hydrogen) atoms. The number of nitrogens with one attached hydrogen (secondary N) is 2. The number of hydrogen-bond donors (Lipinski definition) is 3. The van der Waals surface area contributed by atoms with E-state index in [0.29, 0.717) is 31.5 Å². The summed E-state index contributed by atoms with van der Waals surface area (Å²) in [4.78, 5) is 38.0. The van der Waals surface area contributed by atoms with Crippen molar-refractivity contribution >= 4 is 39.2 Å². The van der Waals surface area contributed by atoms with E-state index in [1.54, 1.807) is 16.8 Å². The van der Waals surface area contributed by atoms with Crippen molar-refractivity contribution in [1.82, 2.24) is 30.4 Å². The number of amides is 1. The SMILES string of the molecule is CN(Cc1cc2nc(-c3cc[nH]c3)nc(N3CCOCC3)c2s1)c1ncc(C(=O)NO)cn1. The van der Waals surface area contributed by atoms with E-state index in [2.05, 4.69) is 25.9 Å². The topological polar surface area (TPSA) is 132 Å². The Morgan fingerprint density at radius 3 is 2.79 bits per heavy atom. The number of fused-ring (bicyclic) bond motifs is 1. The minimum Gasteiger partial charge on any atom is -0.378 e. The van der Waals surface area contributed by atoms with Crippen molar-refractivity contribution in [2.75, 3.05) is 43.2 Å². The Kier molecular flexibility index (Phi) is 5.86. The lowest BCUT2D eigenvalue weighted by atomic mass is 10.3. The minimum atomic E-state index is -0.652. The van der Waals surface area contributed by atoms with Gasteiger partial charge in [-0.2, -0.15) is 0 Å². The maximum atomic E-state index is 11.5. The van der Waals surface area contributed by atoms with Gasteiger partial charge in [-0.3, -0.25) is 10.0 Å². The van der Waals surface area contributed by atoms with Gasteiger partial charge in [0.2, 0.25) is 5.95 Å². The van der Waals surface area contributed by atoms with Crippen LogP contribution in [0.1, 0.15) is 15.2 Å². The number of aromatic amines is 1. The van der Waals surface area contributed by atoms with Gasteiger partial charge in [-0.05, 0) is 12.1 Å². The van der Waals surface area contributed by atoms with Crippen molar-refractivity contribution in [2.24, 2.45) is 0 Å². The van der Waals surface area contributed by atoms with Gasteiger partial charge in [-0.1, -0.05) is 0 Å². The predicted octanol–water partition coefficient (Wildman–Crippen LogP) is 2.07. The average molecular weight is 467 g/mol. The number of carbonyl (C=O) groups excluding carboxylic acids is 1. The summed E-state index contributed by atoms with van der Waals surface area (Å²) in [6.45, 7) is 3.48. The molecule has 170 valence electrons. The van der Waals surface area contributed by atoms with Crippen LogP contribution < -0.4 is 15.3 Å². The second kappa shape index (κ2) is 9.10. The number of hydrogen-bond acceptors (Lipinski definition) is 10. The van der Waals surface area contributed by atoms with Crippen LogP contribution in [0.3, 0.4) is 0 Å². The molecule has 1 aliphatic rings. The van der Waals surface area contributed by atoms with Crippen LogP contribution in [0.4, 0.5) is 11.8 Å². The van der Waals surface area contributed by atoms with Gasteiger partial charge in [0.05, 0.1) is 35.5 Å². The first kappa shape index (κ1) is 21.2. The quantitative estimate of drug-likeness (QED) is 0.288. The van der Waals surface area contributed by atoms with Gasteiger partial charge >= 0.3 is 0 Å². The Morgan fingerprint density at radius 1 is 1.30 bits per heavy atom. The van der Waals surface area contributed by atoms with Gasteiger partial charge in [0.25, 0.3) is 5.91 Å². The van der Waals surface area contributed by atoms with E-state index < -0.39 is 5.91 Å². The molecule has 1 amide bonds. The van der Waals surface area contributed by atoms with Crippen LogP contribution in [0.15, 0.2) is 36.9 Å². The van der Waals surface area contributed by atoms with Crippen molar-refractivity contribution in [3.63, 3.8) is 0 Å². The van der Waals surface area contributed by atoms with Gasteiger partial charge in [0.1, 0.15) is 0 Å². The molecule has 12 heteroatoms. The van der Waals surface area contributed by atoms with E-state index in [4.69, 9.17) is 19.9 Å². The van der Waals surface area contributed by atoms with E-state index in [9.17, 15) is 4.79 Å². The van der Waals surface area contributed by atoms with Crippen LogP contribution >= 0.6 is 11.3 Å². The highest BCUT2D eigenvalue weighted by Gasteiger charge is 2.21. The predicted molar refractivity (Wildman–Crippen MR) is 124 cm³/mol. The first-order chi connectivity index (χ1) is 16.1. The van der Waals surface area contributed by atoms with Gasteiger partial charge < -0.3 is 19.5 Å². The molecule has 0 bridgehead atoms. The zero-order valence-electron chi connectivity index (χ0n) is 17.9. The van der Waals surface area contributed by atoms with Crippen LogP contribution in [-0.2, 0) is 11.3 Å². The fourth-order valence-electron chi connectivity index (χ4n) is 3.63. The number of anilines is 2. The average Bonchev–Trinajstić information content (AvgIpc) is 3.53. The van der Waals surface area contributed by atoms with Gasteiger partial charge in [-0.15, -0.1) is 11.3 Å². The normalized spacial score (nSPS) is 13.9. The molecule has 0 aromatic carbocycles. The maximum Gasteiger partial charge on any atom is 0.277 e. The van der Waals surface area contributed by atoms with E-state index in [1.807, 2.05) is 30.4 Å². The number of ether oxygens (including phenoxy) is 1. The fraction of sp³-hybridized carbons (Fsp3) is 0.286. The van der Waals surface area contributed by atoms with Crippen LogP contribution in [0.5, 0.6) is 0 Å². The smallest absolute Gasteiger partial charge is 0.277 e. The molecule has 5 rings (SSSR count). The third-order valence-electron chi connectivity index (χ3n) is 5.31. The molecule has 1 fully saturated rings. The largest absolute Gasteiger partial charge is 0.378 e. The summed E-state index contributed by atoms with van der Waals surface area (Å²) in [5.41, 5.74) is 3.59. The highest BCUT2D eigenvalue weighted by Crippen LogP contribution is 2.35. The van der Waals surface area contributed by atoms with Gasteiger partial charge in [-0.25, -0.2) is 25.4 Å². The van der Waals surface area contributed by atoms with E-state index >= 15 is 0 Å². The van der Waals surface area contributed by atoms with Gasteiger partial charge in [0.15, 0.2) is 11.6 Å². The van der Waals surface area contributed by atoms with Crippen molar-refractivity contribution in [2.45, 2.75) is 6.54 Å². The van der Waals surface area contributed by atoms with Crippen LogP contribution in [0.2, 0.25) is 0 Å². The number of thiophene rings is 1. The zero-order chi connectivity index (χ0) is 22.8. The Balaban J connectivity index is 1.46. The first-order valence-electron chi connectivity index (χ1n) is 10.4. The summed E-state index contributed by atoms with van der Waals surface area (Å²) in [5, 5.41) is 8.74. The summed E-state index contributed by atoms with van der Waals surface area (Å²) in [6, 6.07) is 4.04. The van der Waals surface area contributed by atoms with Gasteiger partial charge in [0, 0.05) is 55.4 Å². The number of hydroxylamine groups is 1. The second-order valence-corrected chi connectivity index (χ2v) is 8.70. The molecule has 0 saturated carbocycles. The molecule has 4 aromatic heterocycles. The zero-order valence-corrected chi connectivity index (χ0v) is 18.7. The molecule has 11 nitrogen and oxygen atoms in total. The lowest BCUT2D eigenvalue weighted by Crippen LogP contribution is -2.36. The highest BCUT2D eigenvalue weighted by molar-refractivity contribution is 7.19. The van der Waals surface area contributed by atoms with Crippen LogP contribution in [0, 0.1) is 0 Å². The highest BCUT2D eigenvalue weighted by atomic mass is 32.1. The number of aromatic nitrogens is 5. The van der Waals surface area contributed by atoms with Crippen molar-refractivity contribution in [3.8, 4) is 11.4 Å². The molecule has 3 N–H and O–H groups in total. The fourth-order valence-corrected chi connectivity index (χ4v) is 4.79. The minimum absolute atomic E-state index is 0.180. The monoisotopic (exact) mass is 466 g/mol. The second-order valence-electron chi connectivity index (χ2n) is 7.57. The molecule has 4 aromatic rings. The molecule has 0 atom stereocenters. The molecule has 1 saturated heterocycles. The summed E-state index contributed by atoms with van der Waals surface area (Å²) >= 11 is 1.65. The molecular weight excluding hydrogens is 444 g/mol. The molecule has 0 spiro atoms. The standard InChI is InChI=1S/C21H22N8O3S/c1-28(21-23-10-14(11-24-21)20(30)27-31)12-15-8-16-17(33-15)19(29-4-6-32-7-5-29)26-18(25-16)13-2-3-22-9-13/h2-3,8-11,22,31H,4-7,12H2,1H3,(H,27,30). The number of carbonyl (C=O) groups is 1. The number of rotatable bonds is 6. The lowest BCUT2D eigenvalue weighted by molar-refractivity contribution is 0.0705. The molecule has 0 aliphatic carbocycles. The molecule has 5 heterocycles. The van der Waals surface area contributed by atoms with E-state index in [1.165, 1.54) is 12.4 Å². The molecular formula is C21H22N8O3S. The van der Waals surface area contributed by atoms with Crippen molar-refractivity contribution in [3.05, 3.63) is 47.4 Å². The summed E-state index contributed by atoms with van der Waals surface area (Å²) in [5.74, 6) is 1.42. The first-order valence-corrected chi connectivity index (χ1v) is 11.2. The third kappa shape index (κ3) is 4.35. The maximum absolute atomic E-state index is 11.5. The Bertz CT molecular complexity index is 1250. The van der Waals surface area contributed by atoms with Crippen LogP contribution in [0.25, 0.3) is 21.6 Å². The Morgan fingerprint density at radius 2 is 2.09 bits per heavy atom. The van der Waals surface area contributed by atoms with Crippen LogP contribution in [-0.4, -0.2) is 69.4 Å². The number of nitrogens with zero attached hydrogens (tertiary/aromatic N) is 6. The van der Waals surface area contributed by atoms with Crippen molar-refractivity contribution in [1.29, 1.82) is 0 Å². The summed E-state index contributed by atoms with van der Waals surface area (Å²) < 4.78 is 6.56. The molecule has 0 radical (unpaired) electrons. The number of morpholine rings is 1. The van der Waals surface area contributed by atoms with Crippen molar-refractivity contribution < 1.29 is 14.7 Å². The third-order valence-corrected chi connectivity index (χ3v) is 6.41. The summed E-state index contributed by atoms with van der Waals surface area (Å²) in [6.07, 6.45) is 6.51. The van der Waals surface area contributed by atoms with E-state index in [-0.39, 0.29) is 5.56 Å². The Labute approximate surface area is 193 Å². The Hall–Kier alpha value is -3.61. The van der Waals surface area contributed by atoms with E-state index in [0.717, 1.165) is 39.6 Å². The summed E-state index contributed by atoms with van der Waals surface area (Å²) in [7, 11) is 1.88. The molecule has 1 aliphatic heterocycles. The number of H-pyrrole nitrogens is 1. The molecule has 0 unspecified atom stereocenters.